The van der Waals surface area contributed by atoms with Crippen molar-refractivity contribution in [2.45, 2.75) is 64.0 Å². The lowest BCUT2D eigenvalue weighted by molar-refractivity contribution is -0.0104. The van der Waals surface area contributed by atoms with Crippen LogP contribution in [0.15, 0.2) is 0 Å². The predicted octanol–water partition coefficient (Wildman–Crippen LogP) is 2.72. The standard InChI is InChI=1S/C13H25NO/c1-2-8-14-12(10-11-6-7-11)13-5-3-4-9-15-13/h11-14H,2-10H2,1H3. The summed E-state index contributed by atoms with van der Waals surface area (Å²) in [5.41, 5.74) is 0. The molecule has 2 nitrogen and oxygen atoms in total. The maximum atomic E-state index is 5.90. The Balaban J connectivity index is 1.78. The van der Waals surface area contributed by atoms with Crippen molar-refractivity contribution in [1.82, 2.24) is 5.32 Å². The summed E-state index contributed by atoms with van der Waals surface area (Å²) in [6.07, 6.45) is 9.90. The molecule has 1 saturated heterocycles. The number of hydrogen-bond donors (Lipinski definition) is 1. The van der Waals surface area contributed by atoms with E-state index in [-0.39, 0.29) is 0 Å². The van der Waals surface area contributed by atoms with Crippen LogP contribution in [0.1, 0.15) is 51.9 Å². The fourth-order valence-corrected chi connectivity index (χ4v) is 2.49. The number of ether oxygens (including phenoxy) is 1. The molecule has 0 radical (unpaired) electrons. The van der Waals surface area contributed by atoms with Crippen LogP contribution in [0, 0.1) is 5.92 Å². The molecule has 88 valence electrons. The molecule has 2 atom stereocenters. The topological polar surface area (TPSA) is 21.3 Å². The second-order valence-electron chi connectivity index (χ2n) is 5.14. The summed E-state index contributed by atoms with van der Waals surface area (Å²) in [5, 5.41) is 3.69. The van der Waals surface area contributed by atoms with Gasteiger partial charge in [0.1, 0.15) is 0 Å². The molecule has 0 amide bonds. The highest BCUT2D eigenvalue weighted by atomic mass is 16.5. The zero-order chi connectivity index (χ0) is 10.5. The zero-order valence-electron chi connectivity index (χ0n) is 10.0. The zero-order valence-corrected chi connectivity index (χ0v) is 10.0. The second kappa shape index (κ2) is 5.86. The molecule has 1 saturated carbocycles. The largest absolute Gasteiger partial charge is 0.377 e. The van der Waals surface area contributed by atoms with Gasteiger partial charge in [-0.3, -0.25) is 0 Å². The Bertz CT molecular complexity index is 173. The summed E-state index contributed by atoms with van der Waals surface area (Å²) in [7, 11) is 0. The lowest BCUT2D eigenvalue weighted by atomic mass is 9.97. The predicted molar refractivity (Wildman–Crippen MR) is 63.0 cm³/mol. The normalized spacial score (nSPS) is 29.0. The van der Waals surface area contributed by atoms with E-state index in [1.165, 1.54) is 44.9 Å². The van der Waals surface area contributed by atoms with E-state index < -0.39 is 0 Å². The highest BCUT2D eigenvalue weighted by Gasteiger charge is 2.30. The number of hydrogen-bond acceptors (Lipinski definition) is 2. The molecule has 1 aliphatic carbocycles. The van der Waals surface area contributed by atoms with Crippen molar-refractivity contribution >= 4 is 0 Å². The molecule has 2 rings (SSSR count). The van der Waals surface area contributed by atoms with Gasteiger partial charge < -0.3 is 10.1 Å². The smallest absolute Gasteiger partial charge is 0.0728 e. The summed E-state index contributed by atoms with van der Waals surface area (Å²) >= 11 is 0. The van der Waals surface area contributed by atoms with E-state index in [1.807, 2.05) is 0 Å². The Morgan fingerprint density at radius 2 is 2.13 bits per heavy atom. The lowest BCUT2D eigenvalue weighted by Gasteiger charge is -2.31. The minimum absolute atomic E-state index is 0.505. The average Bonchev–Trinajstić information content (AvgIpc) is 3.09. The molecule has 1 aliphatic heterocycles. The van der Waals surface area contributed by atoms with Crippen molar-refractivity contribution in [1.29, 1.82) is 0 Å². The molecular formula is C13H25NO. The summed E-state index contributed by atoms with van der Waals surface area (Å²) < 4.78 is 5.90. The Morgan fingerprint density at radius 1 is 1.27 bits per heavy atom. The molecule has 2 aliphatic rings. The molecule has 1 heterocycles. The van der Waals surface area contributed by atoms with Crippen LogP contribution in [0.4, 0.5) is 0 Å². The first-order valence-corrected chi connectivity index (χ1v) is 6.75. The highest BCUT2D eigenvalue weighted by molar-refractivity contribution is 4.86. The van der Waals surface area contributed by atoms with E-state index in [2.05, 4.69) is 12.2 Å². The molecule has 0 aromatic carbocycles. The first-order valence-electron chi connectivity index (χ1n) is 6.75. The van der Waals surface area contributed by atoms with E-state index in [0.717, 1.165) is 19.1 Å². The molecule has 0 spiro atoms. The van der Waals surface area contributed by atoms with Gasteiger partial charge in [0, 0.05) is 12.6 Å². The van der Waals surface area contributed by atoms with Crippen LogP contribution in [0.2, 0.25) is 0 Å². The van der Waals surface area contributed by atoms with Crippen molar-refractivity contribution in [3.8, 4) is 0 Å². The summed E-state index contributed by atoms with van der Waals surface area (Å²) in [5.74, 6) is 1.00. The Labute approximate surface area is 93.8 Å². The highest BCUT2D eigenvalue weighted by Crippen LogP contribution is 2.35. The van der Waals surface area contributed by atoms with E-state index in [4.69, 9.17) is 4.74 Å². The number of nitrogens with one attached hydrogen (secondary N) is 1. The molecule has 15 heavy (non-hydrogen) atoms. The van der Waals surface area contributed by atoms with E-state index in [9.17, 15) is 0 Å². The van der Waals surface area contributed by atoms with E-state index >= 15 is 0 Å². The fraction of sp³-hybridized carbons (Fsp3) is 1.00. The average molecular weight is 211 g/mol. The minimum atomic E-state index is 0.505. The van der Waals surface area contributed by atoms with Crippen LogP contribution >= 0.6 is 0 Å². The van der Waals surface area contributed by atoms with Gasteiger partial charge in [0.15, 0.2) is 0 Å². The van der Waals surface area contributed by atoms with Gasteiger partial charge >= 0.3 is 0 Å². The van der Waals surface area contributed by atoms with Crippen LogP contribution in [-0.4, -0.2) is 25.3 Å². The molecule has 0 bridgehead atoms. The molecule has 1 N–H and O–H groups in total. The minimum Gasteiger partial charge on any atom is -0.377 e. The van der Waals surface area contributed by atoms with Gasteiger partial charge in [-0.15, -0.1) is 0 Å². The van der Waals surface area contributed by atoms with Crippen LogP contribution < -0.4 is 5.32 Å². The van der Waals surface area contributed by atoms with Crippen LogP contribution in [0.3, 0.4) is 0 Å². The van der Waals surface area contributed by atoms with Crippen molar-refractivity contribution in [3.63, 3.8) is 0 Å². The van der Waals surface area contributed by atoms with Gasteiger partial charge in [-0.25, -0.2) is 0 Å². The lowest BCUT2D eigenvalue weighted by Crippen LogP contribution is -2.43. The SMILES string of the molecule is CCCNC(CC1CC1)C1CCCCO1. The Hall–Kier alpha value is -0.0800. The van der Waals surface area contributed by atoms with Crippen molar-refractivity contribution in [2.24, 2.45) is 5.92 Å². The monoisotopic (exact) mass is 211 g/mol. The molecular weight excluding hydrogens is 186 g/mol. The van der Waals surface area contributed by atoms with Crippen LogP contribution in [-0.2, 0) is 4.74 Å². The quantitative estimate of drug-likeness (QED) is 0.729. The number of rotatable bonds is 6. The third-order valence-corrected chi connectivity index (χ3v) is 3.60. The van der Waals surface area contributed by atoms with E-state index in [1.54, 1.807) is 0 Å². The van der Waals surface area contributed by atoms with Crippen molar-refractivity contribution < 1.29 is 4.74 Å². The van der Waals surface area contributed by atoms with Crippen molar-refractivity contribution in [2.75, 3.05) is 13.2 Å². The summed E-state index contributed by atoms with van der Waals surface area (Å²) in [4.78, 5) is 0. The van der Waals surface area contributed by atoms with Crippen molar-refractivity contribution in [3.05, 3.63) is 0 Å². The van der Waals surface area contributed by atoms with Gasteiger partial charge in [0.2, 0.25) is 0 Å². The third-order valence-electron chi connectivity index (χ3n) is 3.60. The van der Waals surface area contributed by atoms with Gasteiger partial charge in [0.25, 0.3) is 0 Å². The van der Waals surface area contributed by atoms with Gasteiger partial charge in [-0.2, -0.15) is 0 Å². The fourth-order valence-electron chi connectivity index (χ4n) is 2.49. The molecule has 2 heteroatoms. The first kappa shape index (κ1) is 11.4. The summed E-state index contributed by atoms with van der Waals surface area (Å²) in [6, 6.07) is 0.637. The third kappa shape index (κ3) is 3.76. The van der Waals surface area contributed by atoms with Crippen LogP contribution in [0.5, 0.6) is 0 Å². The molecule has 0 aromatic heterocycles. The van der Waals surface area contributed by atoms with E-state index in [0.29, 0.717) is 12.1 Å². The molecule has 2 unspecified atom stereocenters. The Morgan fingerprint density at radius 3 is 2.73 bits per heavy atom. The maximum Gasteiger partial charge on any atom is 0.0728 e. The van der Waals surface area contributed by atoms with Gasteiger partial charge in [-0.1, -0.05) is 19.8 Å². The maximum absolute atomic E-state index is 5.90. The summed E-state index contributed by atoms with van der Waals surface area (Å²) in [6.45, 7) is 4.37. The molecule has 2 fully saturated rings. The van der Waals surface area contributed by atoms with Gasteiger partial charge in [0.05, 0.1) is 6.10 Å². The van der Waals surface area contributed by atoms with Crippen LogP contribution in [0.25, 0.3) is 0 Å². The second-order valence-corrected chi connectivity index (χ2v) is 5.14. The first-order chi connectivity index (χ1) is 7.40. The molecule has 0 aromatic rings. The Kier molecular flexibility index (Phi) is 4.45. The van der Waals surface area contributed by atoms with Gasteiger partial charge in [-0.05, 0) is 44.6 Å².